The lowest BCUT2D eigenvalue weighted by molar-refractivity contribution is -0.138. The lowest BCUT2D eigenvalue weighted by atomic mass is 10.0. The van der Waals surface area contributed by atoms with E-state index in [9.17, 15) is 31.9 Å². The smallest absolute Gasteiger partial charge is 0.357 e. The molecule has 2 aliphatic rings. The molecule has 2 fully saturated rings. The summed E-state index contributed by atoms with van der Waals surface area (Å²) in [6, 6.07) is 5.18. The first kappa shape index (κ1) is 25.4. The number of hydrogen-bond acceptors (Lipinski definition) is 5. The Morgan fingerprint density at radius 2 is 1.58 bits per heavy atom. The summed E-state index contributed by atoms with van der Waals surface area (Å²) in [4.78, 5) is 46.6. The molecule has 1 N–H and O–H groups in total. The maximum Gasteiger partial charge on any atom is 0.417 e. The molecule has 3 heterocycles. The number of hydrogen-bond donors (Lipinski definition) is 1. The van der Waals surface area contributed by atoms with Gasteiger partial charge in [0.15, 0.2) is 0 Å². The molecule has 0 atom stereocenters. The third kappa shape index (κ3) is 5.74. The molecule has 0 bridgehead atoms. The van der Waals surface area contributed by atoms with E-state index in [1.165, 1.54) is 11.1 Å². The number of anilines is 1. The first-order chi connectivity index (χ1) is 17.1. The largest absolute Gasteiger partial charge is 0.417 e. The Bertz CT molecular complexity index is 1130. The Labute approximate surface area is 204 Å². The highest BCUT2D eigenvalue weighted by atomic mass is 19.4. The Morgan fingerprint density at radius 3 is 2.19 bits per heavy atom. The maximum atomic E-state index is 13.6. The van der Waals surface area contributed by atoms with Gasteiger partial charge in [-0.25, -0.2) is 9.37 Å². The Hall–Kier alpha value is -3.70. The molecule has 1 aromatic heterocycles. The van der Waals surface area contributed by atoms with Crippen LogP contribution in [0, 0.1) is 5.82 Å². The molecule has 0 saturated carbocycles. The molecule has 3 amide bonds. The van der Waals surface area contributed by atoms with Gasteiger partial charge in [0.2, 0.25) is 5.91 Å². The number of alkyl halides is 3. The first-order valence-corrected chi connectivity index (χ1v) is 11.6. The molecule has 0 spiro atoms. The standard InChI is InChI=1S/C24H25F4N5O3/c25-17-4-5-19(24(26,27)28)18(13-17)23(36)33-11-9-32(10-12-33)21(34)15-30-22(35)16-3-6-20(29-14-16)31-7-1-2-8-31/h3-6,13-14H,1-2,7-12,15H2,(H,30,35). The van der Waals surface area contributed by atoms with Crippen molar-refractivity contribution in [2.75, 3.05) is 50.7 Å². The minimum atomic E-state index is -4.81. The van der Waals surface area contributed by atoms with E-state index in [4.69, 9.17) is 0 Å². The van der Waals surface area contributed by atoms with Crippen LogP contribution < -0.4 is 10.2 Å². The van der Waals surface area contributed by atoms with E-state index in [2.05, 4.69) is 15.2 Å². The van der Waals surface area contributed by atoms with E-state index in [-0.39, 0.29) is 38.6 Å². The second-order valence-electron chi connectivity index (χ2n) is 8.64. The van der Waals surface area contributed by atoms with Crippen molar-refractivity contribution in [3.8, 4) is 0 Å². The number of benzene rings is 1. The topological polar surface area (TPSA) is 85.8 Å². The summed E-state index contributed by atoms with van der Waals surface area (Å²) < 4.78 is 53.3. The number of carbonyl (C=O) groups excluding carboxylic acids is 3. The number of pyridine rings is 1. The van der Waals surface area contributed by atoms with Gasteiger partial charge in [0.05, 0.1) is 23.2 Å². The average Bonchev–Trinajstić information content (AvgIpc) is 3.41. The zero-order valence-electron chi connectivity index (χ0n) is 19.4. The predicted molar refractivity (Wildman–Crippen MR) is 122 cm³/mol. The third-order valence-electron chi connectivity index (χ3n) is 6.28. The second-order valence-corrected chi connectivity index (χ2v) is 8.64. The highest BCUT2D eigenvalue weighted by Gasteiger charge is 2.37. The summed E-state index contributed by atoms with van der Waals surface area (Å²) in [7, 11) is 0. The van der Waals surface area contributed by atoms with Gasteiger partial charge in [-0.05, 0) is 43.2 Å². The molecule has 2 saturated heterocycles. The zero-order valence-corrected chi connectivity index (χ0v) is 19.4. The summed E-state index contributed by atoms with van der Waals surface area (Å²) in [5.41, 5.74) is -1.66. The van der Waals surface area contributed by atoms with Crippen LogP contribution >= 0.6 is 0 Å². The second kappa shape index (κ2) is 10.5. The van der Waals surface area contributed by atoms with Gasteiger partial charge in [-0.15, -0.1) is 0 Å². The normalized spacial score (nSPS) is 16.3. The monoisotopic (exact) mass is 507 g/mol. The SMILES string of the molecule is O=C(NCC(=O)N1CCN(C(=O)c2cc(F)ccc2C(F)(F)F)CC1)c1ccc(N2CCCC2)nc1. The highest BCUT2D eigenvalue weighted by molar-refractivity contribution is 5.97. The number of rotatable bonds is 5. The molecule has 8 nitrogen and oxygen atoms in total. The van der Waals surface area contributed by atoms with Crippen molar-refractivity contribution in [1.29, 1.82) is 0 Å². The van der Waals surface area contributed by atoms with E-state index in [1.54, 1.807) is 12.1 Å². The molecule has 4 rings (SSSR count). The fourth-order valence-corrected chi connectivity index (χ4v) is 4.29. The number of nitrogens with one attached hydrogen (secondary N) is 1. The lowest BCUT2D eigenvalue weighted by Gasteiger charge is -2.35. The van der Waals surface area contributed by atoms with Gasteiger partial charge < -0.3 is 20.0 Å². The fraction of sp³-hybridized carbons (Fsp3) is 0.417. The van der Waals surface area contributed by atoms with Crippen LogP contribution in [-0.4, -0.2) is 78.3 Å². The van der Waals surface area contributed by atoms with Crippen molar-refractivity contribution in [2.24, 2.45) is 0 Å². The van der Waals surface area contributed by atoms with Gasteiger partial charge in [-0.1, -0.05) is 0 Å². The van der Waals surface area contributed by atoms with E-state index >= 15 is 0 Å². The third-order valence-corrected chi connectivity index (χ3v) is 6.28. The van der Waals surface area contributed by atoms with Gasteiger partial charge in [0.1, 0.15) is 11.6 Å². The van der Waals surface area contributed by atoms with Crippen molar-refractivity contribution >= 4 is 23.5 Å². The molecule has 192 valence electrons. The fourth-order valence-electron chi connectivity index (χ4n) is 4.29. The van der Waals surface area contributed by atoms with Crippen molar-refractivity contribution in [1.82, 2.24) is 20.1 Å². The predicted octanol–water partition coefficient (Wildman–Crippen LogP) is 2.55. The number of aromatic nitrogens is 1. The molecule has 2 aliphatic heterocycles. The lowest BCUT2D eigenvalue weighted by Crippen LogP contribution is -2.52. The highest BCUT2D eigenvalue weighted by Crippen LogP contribution is 2.33. The van der Waals surface area contributed by atoms with Crippen LogP contribution in [0.15, 0.2) is 36.5 Å². The van der Waals surface area contributed by atoms with Crippen LogP contribution in [0.2, 0.25) is 0 Å². The molecule has 12 heteroatoms. The molecule has 36 heavy (non-hydrogen) atoms. The van der Waals surface area contributed by atoms with Gasteiger partial charge in [0.25, 0.3) is 11.8 Å². The summed E-state index contributed by atoms with van der Waals surface area (Å²) >= 11 is 0. The Kier molecular flexibility index (Phi) is 7.41. The number of nitrogens with zero attached hydrogens (tertiary/aromatic N) is 4. The average molecular weight is 507 g/mol. The van der Waals surface area contributed by atoms with E-state index < -0.39 is 34.9 Å². The van der Waals surface area contributed by atoms with Crippen LogP contribution in [0.5, 0.6) is 0 Å². The summed E-state index contributed by atoms with van der Waals surface area (Å²) in [6.45, 7) is 1.69. The number of halogens is 4. The van der Waals surface area contributed by atoms with Gasteiger partial charge in [0, 0.05) is 45.5 Å². The molecule has 0 unspecified atom stereocenters. The quantitative estimate of drug-likeness (QED) is 0.629. The molecule has 0 radical (unpaired) electrons. The molecular formula is C24H25F4N5O3. The molecule has 0 aliphatic carbocycles. The number of carbonyl (C=O) groups is 3. The van der Waals surface area contributed by atoms with Gasteiger partial charge >= 0.3 is 6.18 Å². The van der Waals surface area contributed by atoms with Crippen molar-refractivity contribution in [3.63, 3.8) is 0 Å². The van der Waals surface area contributed by atoms with Gasteiger partial charge in [-0.2, -0.15) is 13.2 Å². The molecular weight excluding hydrogens is 482 g/mol. The van der Waals surface area contributed by atoms with Crippen LogP contribution in [0.1, 0.15) is 39.1 Å². The van der Waals surface area contributed by atoms with Crippen molar-refractivity contribution < 1.29 is 31.9 Å². The van der Waals surface area contributed by atoms with Crippen molar-refractivity contribution in [3.05, 3.63) is 59.0 Å². The van der Waals surface area contributed by atoms with Crippen LogP contribution in [0.4, 0.5) is 23.4 Å². The Morgan fingerprint density at radius 1 is 0.917 bits per heavy atom. The van der Waals surface area contributed by atoms with Gasteiger partial charge in [-0.3, -0.25) is 14.4 Å². The maximum absolute atomic E-state index is 13.6. The van der Waals surface area contributed by atoms with Crippen LogP contribution in [0.3, 0.4) is 0 Å². The summed E-state index contributed by atoms with van der Waals surface area (Å²) in [5.74, 6) is -1.95. The van der Waals surface area contributed by atoms with E-state index in [0.29, 0.717) is 23.8 Å². The molecule has 2 aromatic rings. The van der Waals surface area contributed by atoms with Crippen molar-refractivity contribution in [2.45, 2.75) is 19.0 Å². The number of amides is 3. The summed E-state index contributed by atoms with van der Waals surface area (Å²) in [5, 5.41) is 2.54. The number of piperazine rings is 1. The first-order valence-electron chi connectivity index (χ1n) is 11.6. The molecule has 1 aromatic carbocycles. The summed E-state index contributed by atoms with van der Waals surface area (Å²) in [6.07, 6.45) is -1.14. The van der Waals surface area contributed by atoms with Crippen LogP contribution in [0.25, 0.3) is 0 Å². The minimum Gasteiger partial charge on any atom is -0.357 e. The van der Waals surface area contributed by atoms with Crippen LogP contribution in [-0.2, 0) is 11.0 Å². The zero-order chi connectivity index (χ0) is 25.9. The van der Waals surface area contributed by atoms with E-state index in [0.717, 1.165) is 36.6 Å². The Balaban J connectivity index is 1.28. The minimum absolute atomic E-state index is 0.0196. The van der Waals surface area contributed by atoms with E-state index in [1.807, 2.05) is 0 Å².